The van der Waals surface area contributed by atoms with E-state index in [1.165, 1.54) is 11.3 Å². The number of nitrogens with two attached hydrogens (primary N) is 1. The summed E-state index contributed by atoms with van der Waals surface area (Å²) in [6.45, 7) is 2.49. The van der Waals surface area contributed by atoms with Crippen LogP contribution in [0.15, 0.2) is 0 Å². The van der Waals surface area contributed by atoms with Crippen molar-refractivity contribution >= 4 is 11.3 Å². The fourth-order valence-electron chi connectivity index (χ4n) is 1.71. The van der Waals surface area contributed by atoms with E-state index in [4.69, 9.17) is 5.73 Å². The van der Waals surface area contributed by atoms with Crippen LogP contribution in [0, 0.1) is 5.92 Å². The molecule has 14 heavy (non-hydrogen) atoms. The van der Waals surface area contributed by atoms with Crippen molar-refractivity contribution in [2.24, 2.45) is 11.7 Å². The smallest absolute Gasteiger partial charge is 0.145 e. The minimum atomic E-state index is -0.494. The molecule has 0 radical (unpaired) electrons. The first kappa shape index (κ1) is 10.0. The lowest BCUT2D eigenvalue weighted by Crippen LogP contribution is -2.28. The first-order valence-corrected chi connectivity index (χ1v) is 5.73. The zero-order valence-electron chi connectivity index (χ0n) is 8.18. The Balaban J connectivity index is 1.98. The van der Waals surface area contributed by atoms with Crippen LogP contribution in [0.1, 0.15) is 41.8 Å². The lowest BCUT2D eigenvalue weighted by molar-refractivity contribution is 0.198. The van der Waals surface area contributed by atoms with E-state index in [-0.39, 0.29) is 0 Å². The molecule has 0 aromatic carbocycles. The predicted octanol–water partition coefficient (Wildman–Crippen LogP) is 1.04. The van der Waals surface area contributed by atoms with Gasteiger partial charge in [0.15, 0.2) is 0 Å². The first-order chi connectivity index (χ1) is 6.70. The summed E-state index contributed by atoms with van der Waals surface area (Å²) < 4.78 is 0. The maximum atomic E-state index is 9.30. The van der Waals surface area contributed by atoms with Gasteiger partial charge in [0.1, 0.15) is 16.1 Å². The molecule has 1 aromatic heterocycles. The highest BCUT2D eigenvalue weighted by atomic mass is 32.1. The lowest BCUT2D eigenvalue weighted by Gasteiger charge is -2.32. The van der Waals surface area contributed by atoms with E-state index in [1.807, 2.05) is 0 Å². The van der Waals surface area contributed by atoms with Gasteiger partial charge in [0.25, 0.3) is 0 Å². The van der Waals surface area contributed by atoms with Crippen LogP contribution in [0.5, 0.6) is 0 Å². The van der Waals surface area contributed by atoms with Crippen LogP contribution in [-0.2, 0) is 0 Å². The Labute approximate surface area is 87.2 Å². The molecule has 1 saturated carbocycles. The van der Waals surface area contributed by atoms with E-state index in [9.17, 15) is 5.11 Å². The second kappa shape index (κ2) is 3.92. The highest BCUT2D eigenvalue weighted by Crippen LogP contribution is 2.42. The molecule has 0 bridgehead atoms. The fraction of sp³-hybridized carbons (Fsp3) is 0.778. The molecule has 5 heteroatoms. The van der Waals surface area contributed by atoms with Gasteiger partial charge in [0, 0.05) is 5.92 Å². The van der Waals surface area contributed by atoms with Crippen molar-refractivity contribution < 1.29 is 5.11 Å². The van der Waals surface area contributed by atoms with Gasteiger partial charge in [0.05, 0.1) is 0 Å². The molecule has 2 rings (SSSR count). The third-order valence-corrected chi connectivity index (χ3v) is 3.99. The van der Waals surface area contributed by atoms with E-state index in [2.05, 4.69) is 10.2 Å². The van der Waals surface area contributed by atoms with Gasteiger partial charge in [-0.05, 0) is 32.2 Å². The van der Waals surface area contributed by atoms with Crippen LogP contribution >= 0.6 is 11.3 Å². The number of aliphatic hydroxyl groups excluding tert-OH is 1. The Morgan fingerprint density at radius 2 is 2.29 bits per heavy atom. The molecule has 1 unspecified atom stereocenters. The Hall–Kier alpha value is -0.520. The summed E-state index contributed by atoms with van der Waals surface area (Å²) in [6.07, 6.45) is 1.77. The molecule has 78 valence electrons. The van der Waals surface area contributed by atoms with Crippen molar-refractivity contribution in [3.8, 4) is 0 Å². The fourth-order valence-corrected chi connectivity index (χ4v) is 2.62. The third kappa shape index (κ3) is 1.80. The Bertz CT molecular complexity index is 307. The van der Waals surface area contributed by atoms with Crippen LogP contribution in [0.25, 0.3) is 0 Å². The van der Waals surface area contributed by atoms with E-state index >= 15 is 0 Å². The molecule has 1 aliphatic carbocycles. The van der Waals surface area contributed by atoms with Gasteiger partial charge >= 0.3 is 0 Å². The van der Waals surface area contributed by atoms with Crippen molar-refractivity contribution in [2.75, 3.05) is 6.54 Å². The SMILES string of the molecule is CC(O)c1nnc(C2CC(CN)C2)s1. The largest absolute Gasteiger partial charge is 0.386 e. The minimum Gasteiger partial charge on any atom is -0.386 e. The van der Waals surface area contributed by atoms with Gasteiger partial charge in [0.2, 0.25) is 0 Å². The Morgan fingerprint density at radius 1 is 1.57 bits per heavy atom. The van der Waals surface area contributed by atoms with Gasteiger partial charge in [-0.1, -0.05) is 11.3 Å². The number of nitrogens with zero attached hydrogens (tertiary/aromatic N) is 2. The van der Waals surface area contributed by atoms with E-state index in [0.29, 0.717) is 11.8 Å². The van der Waals surface area contributed by atoms with Crippen molar-refractivity contribution in [1.82, 2.24) is 10.2 Å². The van der Waals surface area contributed by atoms with Crippen LogP contribution < -0.4 is 5.73 Å². The van der Waals surface area contributed by atoms with Crippen LogP contribution in [0.2, 0.25) is 0 Å². The monoisotopic (exact) mass is 213 g/mol. The zero-order chi connectivity index (χ0) is 10.1. The second-order valence-electron chi connectivity index (χ2n) is 3.92. The molecule has 0 spiro atoms. The van der Waals surface area contributed by atoms with Crippen molar-refractivity contribution in [1.29, 1.82) is 0 Å². The average molecular weight is 213 g/mol. The summed E-state index contributed by atoms with van der Waals surface area (Å²) in [6, 6.07) is 0. The highest BCUT2D eigenvalue weighted by Gasteiger charge is 2.31. The highest BCUT2D eigenvalue weighted by molar-refractivity contribution is 7.11. The molecule has 1 heterocycles. The molecule has 4 nitrogen and oxygen atoms in total. The molecule has 1 atom stereocenters. The number of rotatable bonds is 3. The molecule has 3 N–H and O–H groups in total. The number of hydrogen-bond donors (Lipinski definition) is 2. The van der Waals surface area contributed by atoms with E-state index in [1.54, 1.807) is 6.92 Å². The van der Waals surface area contributed by atoms with Crippen LogP contribution in [0.4, 0.5) is 0 Å². The van der Waals surface area contributed by atoms with Crippen molar-refractivity contribution in [3.05, 3.63) is 10.0 Å². The maximum absolute atomic E-state index is 9.30. The minimum absolute atomic E-state index is 0.494. The molecule has 0 aliphatic heterocycles. The maximum Gasteiger partial charge on any atom is 0.145 e. The normalized spacial score (nSPS) is 28.5. The Kier molecular flexibility index (Phi) is 2.80. The summed E-state index contributed by atoms with van der Waals surface area (Å²) in [5.74, 6) is 1.20. The summed E-state index contributed by atoms with van der Waals surface area (Å²) in [5, 5.41) is 19.1. The average Bonchev–Trinajstić information content (AvgIpc) is 2.51. The van der Waals surface area contributed by atoms with Crippen LogP contribution in [0.3, 0.4) is 0 Å². The van der Waals surface area contributed by atoms with Gasteiger partial charge in [-0.3, -0.25) is 0 Å². The Morgan fingerprint density at radius 3 is 2.79 bits per heavy atom. The van der Waals surface area contributed by atoms with Gasteiger partial charge in [-0.2, -0.15) is 0 Å². The summed E-state index contributed by atoms with van der Waals surface area (Å²) in [7, 11) is 0. The van der Waals surface area contributed by atoms with Gasteiger partial charge < -0.3 is 10.8 Å². The molecule has 0 saturated heterocycles. The van der Waals surface area contributed by atoms with Crippen molar-refractivity contribution in [3.63, 3.8) is 0 Å². The molecular formula is C9H15N3OS. The third-order valence-electron chi connectivity index (χ3n) is 2.73. The van der Waals surface area contributed by atoms with Crippen molar-refractivity contribution in [2.45, 2.75) is 31.8 Å². The number of aromatic nitrogens is 2. The first-order valence-electron chi connectivity index (χ1n) is 4.92. The summed E-state index contributed by atoms with van der Waals surface area (Å²) in [5.41, 5.74) is 5.55. The molecular weight excluding hydrogens is 198 g/mol. The lowest BCUT2D eigenvalue weighted by atomic mass is 9.75. The van der Waals surface area contributed by atoms with E-state index in [0.717, 1.165) is 29.4 Å². The summed E-state index contributed by atoms with van der Waals surface area (Å²) >= 11 is 1.52. The quantitative estimate of drug-likeness (QED) is 0.787. The molecule has 0 amide bonds. The number of hydrogen-bond acceptors (Lipinski definition) is 5. The van der Waals surface area contributed by atoms with E-state index < -0.39 is 6.10 Å². The second-order valence-corrected chi connectivity index (χ2v) is 4.97. The number of aliphatic hydroxyl groups is 1. The van der Waals surface area contributed by atoms with Crippen LogP contribution in [-0.4, -0.2) is 21.8 Å². The molecule has 1 fully saturated rings. The predicted molar refractivity (Wildman–Crippen MR) is 55.1 cm³/mol. The molecule has 1 aromatic rings. The standard InChI is InChI=1S/C9H15N3OS/c1-5(13)8-11-12-9(14-8)7-2-6(3-7)4-10/h5-7,13H,2-4,10H2,1H3. The molecule has 1 aliphatic rings. The zero-order valence-corrected chi connectivity index (χ0v) is 9.00. The van der Waals surface area contributed by atoms with Gasteiger partial charge in [-0.15, -0.1) is 10.2 Å². The van der Waals surface area contributed by atoms with Gasteiger partial charge in [-0.25, -0.2) is 0 Å². The summed E-state index contributed by atoms with van der Waals surface area (Å²) in [4.78, 5) is 0. The topological polar surface area (TPSA) is 72.0 Å².